The second kappa shape index (κ2) is 9.05. The highest BCUT2D eigenvalue weighted by molar-refractivity contribution is 7.85. The summed E-state index contributed by atoms with van der Waals surface area (Å²) < 4.78 is 36.3. The van der Waals surface area contributed by atoms with Gasteiger partial charge in [0, 0.05) is 19.8 Å². The van der Waals surface area contributed by atoms with Gasteiger partial charge in [0.1, 0.15) is 11.6 Å². The van der Waals surface area contributed by atoms with Crippen molar-refractivity contribution in [2.45, 2.75) is 18.2 Å². The van der Waals surface area contributed by atoms with Crippen LogP contribution in [0.3, 0.4) is 0 Å². The summed E-state index contributed by atoms with van der Waals surface area (Å²) in [5.41, 5.74) is 0.162. The Morgan fingerprint density at radius 3 is 2.83 bits per heavy atom. The van der Waals surface area contributed by atoms with E-state index in [2.05, 4.69) is 5.32 Å². The lowest BCUT2D eigenvalue weighted by Gasteiger charge is -2.05. The van der Waals surface area contributed by atoms with Gasteiger partial charge in [-0.05, 0) is 37.1 Å². The largest absolute Gasteiger partial charge is 0.382 e. The van der Waals surface area contributed by atoms with Crippen molar-refractivity contribution in [1.29, 1.82) is 5.26 Å². The van der Waals surface area contributed by atoms with Crippen LogP contribution in [0.25, 0.3) is 6.08 Å². The minimum atomic E-state index is -4.34. The van der Waals surface area contributed by atoms with Crippen LogP contribution in [0.15, 0.2) is 34.7 Å². The Bertz CT molecular complexity index is 720. The average Bonchev–Trinajstić information content (AvgIpc) is 2.51. The van der Waals surface area contributed by atoms with Crippen molar-refractivity contribution in [3.8, 4) is 6.07 Å². The number of rotatable bonds is 8. The van der Waals surface area contributed by atoms with Crippen molar-refractivity contribution >= 4 is 22.1 Å². The van der Waals surface area contributed by atoms with E-state index >= 15 is 0 Å². The molecule has 0 bridgehead atoms. The van der Waals surface area contributed by atoms with Gasteiger partial charge < -0.3 is 10.1 Å². The summed E-state index contributed by atoms with van der Waals surface area (Å²) >= 11 is 0. The third kappa shape index (κ3) is 6.61. The molecule has 0 radical (unpaired) electrons. The normalized spacial score (nSPS) is 11.8. The maximum absolute atomic E-state index is 11.9. The molecule has 0 atom stereocenters. The van der Waals surface area contributed by atoms with Crippen LogP contribution < -0.4 is 5.32 Å². The standard InChI is InChI=1S/C15H18N2O5S/c1-2-22-8-4-7-17-15(18)13(11-16)9-12-5-3-6-14(10-12)23(19,20)21/h3,5-6,9-10H,2,4,7-8H2,1H3,(H,17,18)(H,19,20,21)/b13-9+. The van der Waals surface area contributed by atoms with Crippen LogP contribution in [0.2, 0.25) is 0 Å². The predicted octanol–water partition coefficient (Wildman–Crippen LogP) is 1.38. The van der Waals surface area contributed by atoms with Crippen LogP contribution in [0.1, 0.15) is 18.9 Å². The maximum atomic E-state index is 11.9. The van der Waals surface area contributed by atoms with E-state index in [1.807, 2.05) is 6.92 Å². The van der Waals surface area contributed by atoms with Gasteiger partial charge in [-0.2, -0.15) is 13.7 Å². The van der Waals surface area contributed by atoms with Gasteiger partial charge in [-0.15, -0.1) is 0 Å². The van der Waals surface area contributed by atoms with Crippen molar-refractivity contribution in [1.82, 2.24) is 5.32 Å². The zero-order valence-electron chi connectivity index (χ0n) is 12.7. The lowest BCUT2D eigenvalue weighted by atomic mass is 10.1. The van der Waals surface area contributed by atoms with Gasteiger partial charge in [-0.3, -0.25) is 9.35 Å². The molecule has 1 amide bonds. The Kier molecular flexibility index (Phi) is 7.41. The van der Waals surface area contributed by atoms with E-state index in [9.17, 15) is 13.2 Å². The molecule has 2 N–H and O–H groups in total. The van der Waals surface area contributed by atoms with E-state index in [0.717, 1.165) is 0 Å². The molecule has 0 aromatic heterocycles. The third-order valence-corrected chi connectivity index (χ3v) is 3.64. The molecule has 0 aliphatic heterocycles. The Labute approximate surface area is 135 Å². The molecule has 1 rings (SSSR count). The van der Waals surface area contributed by atoms with E-state index in [4.69, 9.17) is 14.6 Å². The van der Waals surface area contributed by atoms with E-state index in [1.165, 1.54) is 30.3 Å². The SMILES string of the molecule is CCOCCCNC(=O)/C(C#N)=C/c1cccc(S(=O)(=O)O)c1. The molecule has 0 saturated heterocycles. The van der Waals surface area contributed by atoms with E-state index in [1.54, 1.807) is 6.07 Å². The number of carbonyl (C=O) groups excluding carboxylic acids is 1. The van der Waals surface area contributed by atoms with Crippen LogP contribution in [-0.2, 0) is 19.6 Å². The molecule has 8 heteroatoms. The van der Waals surface area contributed by atoms with Gasteiger partial charge in [-0.25, -0.2) is 0 Å². The van der Waals surface area contributed by atoms with E-state index < -0.39 is 16.0 Å². The van der Waals surface area contributed by atoms with Crippen LogP contribution in [0.4, 0.5) is 0 Å². The molecule has 0 aliphatic rings. The molecular weight excluding hydrogens is 320 g/mol. The number of hydrogen-bond donors (Lipinski definition) is 2. The number of carbonyl (C=O) groups is 1. The first-order valence-electron chi connectivity index (χ1n) is 6.93. The van der Waals surface area contributed by atoms with Crippen LogP contribution >= 0.6 is 0 Å². The fourth-order valence-electron chi connectivity index (χ4n) is 1.70. The minimum Gasteiger partial charge on any atom is -0.382 e. The second-order valence-electron chi connectivity index (χ2n) is 4.52. The summed E-state index contributed by atoms with van der Waals surface area (Å²) in [7, 11) is -4.34. The molecule has 0 fully saturated rings. The average molecular weight is 338 g/mol. The van der Waals surface area contributed by atoms with Gasteiger partial charge in [-0.1, -0.05) is 12.1 Å². The first kappa shape index (κ1) is 18.8. The minimum absolute atomic E-state index is 0.158. The zero-order chi connectivity index (χ0) is 17.3. The molecule has 7 nitrogen and oxygen atoms in total. The van der Waals surface area contributed by atoms with Crippen LogP contribution in [0.5, 0.6) is 0 Å². The monoisotopic (exact) mass is 338 g/mol. The predicted molar refractivity (Wildman–Crippen MR) is 84.0 cm³/mol. The first-order chi connectivity index (χ1) is 10.9. The fourth-order valence-corrected chi connectivity index (χ4v) is 2.23. The smallest absolute Gasteiger partial charge is 0.294 e. The topological polar surface area (TPSA) is 116 Å². The van der Waals surface area contributed by atoms with E-state index in [-0.39, 0.29) is 10.5 Å². The zero-order valence-corrected chi connectivity index (χ0v) is 13.5. The van der Waals surface area contributed by atoms with Gasteiger partial charge in [0.15, 0.2) is 0 Å². The van der Waals surface area contributed by atoms with Gasteiger partial charge in [0.05, 0.1) is 4.90 Å². The molecule has 23 heavy (non-hydrogen) atoms. The van der Waals surface area contributed by atoms with Crippen molar-refractivity contribution in [2.75, 3.05) is 19.8 Å². The summed E-state index contributed by atoms with van der Waals surface area (Å²) in [6, 6.07) is 7.09. The number of nitrogens with one attached hydrogen (secondary N) is 1. The lowest BCUT2D eigenvalue weighted by molar-refractivity contribution is -0.117. The van der Waals surface area contributed by atoms with Crippen LogP contribution in [0, 0.1) is 11.3 Å². The highest BCUT2D eigenvalue weighted by Gasteiger charge is 2.11. The maximum Gasteiger partial charge on any atom is 0.294 e. The number of nitrogens with zero attached hydrogens (tertiary/aromatic N) is 1. The van der Waals surface area contributed by atoms with Gasteiger partial charge >= 0.3 is 0 Å². The van der Waals surface area contributed by atoms with Crippen molar-refractivity contribution < 1.29 is 22.5 Å². The van der Waals surface area contributed by atoms with Crippen LogP contribution in [-0.4, -0.2) is 38.6 Å². The van der Waals surface area contributed by atoms with E-state index in [0.29, 0.717) is 31.7 Å². The molecule has 0 heterocycles. The fraction of sp³-hybridized carbons (Fsp3) is 0.333. The molecule has 1 aromatic rings. The molecule has 0 unspecified atom stereocenters. The Hall–Kier alpha value is -2.21. The Balaban J connectivity index is 2.79. The Morgan fingerprint density at radius 1 is 1.48 bits per heavy atom. The number of ether oxygens (including phenoxy) is 1. The molecule has 0 aliphatic carbocycles. The molecule has 1 aromatic carbocycles. The number of benzene rings is 1. The van der Waals surface area contributed by atoms with Gasteiger partial charge in [0.25, 0.3) is 16.0 Å². The molecule has 0 saturated carbocycles. The first-order valence-corrected chi connectivity index (χ1v) is 8.37. The summed E-state index contributed by atoms with van der Waals surface area (Å²) in [6.07, 6.45) is 1.88. The van der Waals surface area contributed by atoms with Crippen molar-refractivity contribution in [3.05, 3.63) is 35.4 Å². The lowest BCUT2D eigenvalue weighted by Crippen LogP contribution is -2.26. The highest BCUT2D eigenvalue weighted by atomic mass is 32.2. The van der Waals surface area contributed by atoms with Crippen molar-refractivity contribution in [2.24, 2.45) is 0 Å². The summed E-state index contributed by atoms with van der Waals surface area (Å²) in [5.74, 6) is -0.554. The molecular formula is C15H18N2O5S. The Morgan fingerprint density at radius 2 is 2.22 bits per heavy atom. The summed E-state index contributed by atoms with van der Waals surface area (Å²) in [6.45, 7) is 3.35. The quantitative estimate of drug-likeness (QED) is 0.320. The molecule has 0 spiro atoms. The number of hydrogen-bond acceptors (Lipinski definition) is 5. The number of nitriles is 1. The molecule has 124 valence electrons. The third-order valence-electron chi connectivity index (χ3n) is 2.79. The second-order valence-corrected chi connectivity index (χ2v) is 5.95. The van der Waals surface area contributed by atoms with Crippen molar-refractivity contribution in [3.63, 3.8) is 0 Å². The number of amides is 1. The summed E-state index contributed by atoms with van der Waals surface area (Å²) in [4.78, 5) is 11.6. The van der Waals surface area contributed by atoms with Gasteiger partial charge in [0.2, 0.25) is 0 Å². The highest BCUT2D eigenvalue weighted by Crippen LogP contribution is 2.14. The summed E-state index contributed by atoms with van der Waals surface area (Å²) in [5, 5.41) is 11.6.